The molecule has 1 aromatic carbocycles. The summed E-state index contributed by atoms with van der Waals surface area (Å²) in [4.78, 5) is 25.6. The number of amides is 1. The molecule has 0 bridgehead atoms. The van der Waals surface area contributed by atoms with Gasteiger partial charge in [0.1, 0.15) is 22.8 Å². The maximum atomic E-state index is 12.8. The maximum absolute atomic E-state index is 12.8. The van der Waals surface area contributed by atoms with E-state index >= 15 is 0 Å². The minimum absolute atomic E-state index is 0.200. The van der Waals surface area contributed by atoms with E-state index in [0.717, 1.165) is 5.56 Å². The van der Waals surface area contributed by atoms with Crippen LogP contribution in [-0.2, 0) is 5.41 Å². The maximum Gasteiger partial charge on any atom is 0.256 e. The third-order valence-corrected chi connectivity index (χ3v) is 4.90. The second-order valence-electron chi connectivity index (χ2n) is 8.16. The van der Waals surface area contributed by atoms with Crippen LogP contribution in [0.1, 0.15) is 42.5 Å². The van der Waals surface area contributed by atoms with Crippen molar-refractivity contribution in [2.75, 3.05) is 10.6 Å². The summed E-state index contributed by atoms with van der Waals surface area (Å²) in [6.07, 6.45) is 1.45. The summed E-state index contributed by atoms with van der Waals surface area (Å²) in [6, 6.07) is 10.5. The van der Waals surface area contributed by atoms with Crippen LogP contribution in [0.4, 0.5) is 17.3 Å². The van der Waals surface area contributed by atoms with Crippen LogP contribution in [0, 0.1) is 6.92 Å². The molecule has 0 unspecified atom stereocenters. The molecule has 31 heavy (non-hydrogen) atoms. The highest BCUT2D eigenvalue weighted by Crippen LogP contribution is 2.27. The van der Waals surface area contributed by atoms with E-state index in [1.165, 1.54) is 6.33 Å². The van der Waals surface area contributed by atoms with Crippen molar-refractivity contribution < 1.29 is 9.32 Å². The third-order valence-electron chi connectivity index (χ3n) is 4.69. The quantitative estimate of drug-likeness (QED) is 0.420. The zero-order chi connectivity index (χ0) is 22.2. The van der Waals surface area contributed by atoms with Crippen LogP contribution >= 0.6 is 11.6 Å². The van der Waals surface area contributed by atoms with Crippen LogP contribution < -0.4 is 10.6 Å². The molecule has 0 radical (unpaired) electrons. The fourth-order valence-corrected chi connectivity index (χ4v) is 3.06. The predicted molar refractivity (Wildman–Crippen MR) is 120 cm³/mol. The Hall–Kier alpha value is -3.52. The van der Waals surface area contributed by atoms with E-state index in [1.54, 1.807) is 30.3 Å². The zero-order valence-electron chi connectivity index (χ0n) is 17.5. The standard InChI is InChI=1S/C22H21ClN6O2/c1-12-5-6-13(21(30)28-18-10-16(31-29-18)22(2,3)4)9-15(12)26-20-19-14(24-11-25-20)7-8-17(23)27-19/h5-11H,1-4H3,(H,24,25,26)(H,28,29,30). The highest BCUT2D eigenvalue weighted by Gasteiger charge is 2.21. The van der Waals surface area contributed by atoms with Gasteiger partial charge in [0.2, 0.25) is 0 Å². The molecule has 0 fully saturated rings. The first-order chi connectivity index (χ1) is 14.7. The minimum Gasteiger partial charge on any atom is -0.359 e. The molecular formula is C22H21ClN6O2. The number of benzene rings is 1. The lowest BCUT2D eigenvalue weighted by Crippen LogP contribution is -2.13. The molecule has 0 aliphatic heterocycles. The number of nitrogens with zero attached hydrogens (tertiary/aromatic N) is 4. The van der Waals surface area contributed by atoms with E-state index in [0.29, 0.717) is 44.8 Å². The van der Waals surface area contributed by atoms with Gasteiger partial charge in [0.15, 0.2) is 11.6 Å². The molecule has 3 aromatic heterocycles. The Bertz CT molecular complexity index is 1280. The Morgan fingerprint density at radius 3 is 2.65 bits per heavy atom. The predicted octanol–water partition coefficient (Wildman–Crippen LogP) is 5.27. The van der Waals surface area contributed by atoms with E-state index in [2.05, 4.69) is 30.7 Å². The minimum atomic E-state index is -0.300. The number of anilines is 3. The lowest BCUT2D eigenvalue weighted by Gasteiger charge is -2.12. The van der Waals surface area contributed by atoms with Crippen molar-refractivity contribution in [2.24, 2.45) is 0 Å². The summed E-state index contributed by atoms with van der Waals surface area (Å²) in [6.45, 7) is 7.96. The molecule has 0 aliphatic rings. The molecule has 0 saturated carbocycles. The van der Waals surface area contributed by atoms with Gasteiger partial charge in [-0.15, -0.1) is 0 Å². The Morgan fingerprint density at radius 2 is 1.90 bits per heavy atom. The van der Waals surface area contributed by atoms with Crippen LogP contribution in [0.15, 0.2) is 47.2 Å². The van der Waals surface area contributed by atoms with E-state index in [-0.39, 0.29) is 11.3 Å². The van der Waals surface area contributed by atoms with E-state index in [1.807, 2.05) is 33.8 Å². The van der Waals surface area contributed by atoms with Crippen molar-refractivity contribution in [3.05, 3.63) is 64.8 Å². The SMILES string of the molecule is Cc1ccc(C(=O)Nc2cc(C(C)(C)C)on2)cc1Nc1ncnc2ccc(Cl)nc12. The number of aromatic nitrogens is 4. The van der Waals surface area contributed by atoms with E-state index in [9.17, 15) is 4.79 Å². The first-order valence-electron chi connectivity index (χ1n) is 9.64. The number of fused-ring (bicyclic) bond motifs is 1. The van der Waals surface area contributed by atoms with Gasteiger partial charge in [-0.1, -0.05) is 43.6 Å². The number of nitrogens with one attached hydrogen (secondary N) is 2. The number of hydrogen-bond donors (Lipinski definition) is 2. The smallest absolute Gasteiger partial charge is 0.256 e. The molecule has 8 nitrogen and oxygen atoms in total. The Morgan fingerprint density at radius 1 is 1.10 bits per heavy atom. The molecule has 2 N–H and O–H groups in total. The van der Waals surface area contributed by atoms with Crippen molar-refractivity contribution >= 4 is 45.9 Å². The Balaban J connectivity index is 1.60. The fourth-order valence-electron chi connectivity index (χ4n) is 2.91. The second-order valence-corrected chi connectivity index (χ2v) is 8.55. The van der Waals surface area contributed by atoms with Gasteiger partial charge in [0.05, 0.1) is 5.52 Å². The molecule has 158 valence electrons. The average molecular weight is 437 g/mol. The molecule has 0 atom stereocenters. The van der Waals surface area contributed by atoms with Crippen LogP contribution in [0.25, 0.3) is 11.0 Å². The topological polar surface area (TPSA) is 106 Å². The number of hydrogen-bond acceptors (Lipinski definition) is 7. The summed E-state index contributed by atoms with van der Waals surface area (Å²) < 4.78 is 5.33. The second kappa shape index (κ2) is 7.96. The molecule has 3 heterocycles. The summed E-state index contributed by atoms with van der Waals surface area (Å²) >= 11 is 6.04. The third kappa shape index (κ3) is 4.49. The van der Waals surface area contributed by atoms with E-state index < -0.39 is 0 Å². The number of halogens is 1. The molecule has 4 rings (SSSR count). The molecule has 9 heteroatoms. The van der Waals surface area contributed by atoms with E-state index in [4.69, 9.17) is 16.1 Å². The summed E-state index contributed by atoms with van der Waals surface area (Å²) in [7, 11) is 0. The first-order valence-corrected chi connectivity index (χ1v) is 10.0. The molecule has 1 amide bonds. The average Bonchev–Trinajstić information content (AvgIpc) is 3.19. The van der Waals surface area contributed by atoms with Gasteiger partial charge in [-0.05, 0) is 36.8 Å². The summed E-state index contributed by atoms with van der Waals surface area (Å²) in [5.74, 6) is 1.26. The van der Waals surface area contributed by atoms with Crippen molar-refractivity contribution in [3.63, 3.8) is 0 Å². The zero-order valence-corrected chi connectivity index (χ0v) is 18.3. The molecule has 4 aromatic rings. The normalized spacial score (nSPS) is 11.5. The van der Waals surface area contributed by atoms with Gasteiger partial charge < -0.3 is 15.2 Å². The van der Waals surface area contributed by atoms with Gasteiger partial charge in [-0.25, -0.2) is 15.0 Å². The fraction of sp³-hybridized carbons (Fsp3) is 0.227. The van der Waals surface area contributed by atoms with Crippen LogP contribution in [0.5, 0.6) is 0 Å². The molecule has 0 spiro atoms. The monoisotopic (exact) mass is 436 g/mol. The Labute approximate surface area is 184 Å². The molecule has 0 saturated heterocycles. The van der Waals surface area contributed by atoms with Crippen molar-refractivity contribution in [1.29, 1.82) is 0 Å². The van der Waals surface area contributed by atoms with Gasteiger partial charge in [-0.3, -0.25) is 4.79 Å². The highest BCUT2D eigenvalue weighted by atomic mass is 35.5. The molecular weight excluding hydrogens is 416 g/mol. The number of rotatable bonds is 4. The van der Waals surface area contributed by atoms with Crippen LogP contribution in [-0.4, -0.2) is 26.0 Å². The Kier molecular flexibility index (Phi) is 5.32. The number of pyridine rings is 1. The van der Waals surface area contributed by atoms with Gasteiger partial charge in [0, 0.05) is 22.7 Å². The van der Waals surface area contributed by atoms with Crippen LogP contribution in [0.3, 0.4) is 0 Å². The number of aryl methyl sites for hydroxylation is 1. The summed E-state index contributed by atoms with van der Waals surface area (Å²) in [5.41, 5.74) is 3.11. The van der Waals surface area contributed by atoms with Crippen molar-refractivity contribution in [1.82, 2.24) is 20.1 Å². The lowest BCUT2D eigenvalue weighted by atomic mass is 9.93. The highest BCUT2D eigenvalue weighted by molar-refractivity contribution is 6.29. The van der Waals surface area contributed by atoms with Gasteiger partial charge >= 0.3 is 0 Å². The van der Waals surface area contributed by atoms with Crippen LogP contribution in [0.2, 0.25) is 5.15 Å². The van der Waals surface area contributed by atoms with Crippen molar-refractivity contribution in [2.45, 2.75) is 33.1 Å². The molecule has 0 aliphatic carbocycles. The van der Waals surface area contributed by atoms with Gasteiger partial charge in [0.25, 0.3) is 5.91 Å². The lowest BCUT2D eigenvalue weighted by molar-refractivity contribution is 0.102. The number of carbonyl (C=O) groups excluding carboxylic acids is 1. The van der Waals surface area contributed by atoms with Crippen molar-refractivity contribution in [3.8, 4) is 0 Å². The largest absolute Gasteiger partial charge is 0.359 e. The number of carbonyl (C=O) groups is 1. The van der Waals surface area contributed by atoms with Gasteiger partial charge in [-0.2, -0.15) is 0 Å². The summed E-state index contributed by atoms with van der Waals surface area (Å²) in [5, 5.41) is 10.3. The first kappa shape index (κ1) is 20.7.